The summed E-state index contributed by atoms with van der Waals surface area (Å²) >= 11 is 0. The third-order valence-corrected chi connectivity index (χ3v) is 5.41. The predicted octanol–water partition coefficient (Wildman–Crippen LogP) is 3.26. The predicted molar refractivity (Wildman–Crippen MR) is 145 cm³/mol. The van der Waals surface area contributed by atoms with E-state index in [2.05, 4.69) is 5.32 Å². The Bertz CT molecular complexity index is 1180. The van der Waals surface area contributed by atoms with E-state index in [0.29, 0.717) is 24.4 Å². The van der Waals surface area contributed by atoms with Crippen molar-refractivity contribution < 1.29 is 29.3 Å². The highest BCUT2D eigenvalue weighted by atomic mass is 16.5. The molecular formula is C29H34N3O6-. The standard InChI is InChI=1S/C22H29N3O3.C7H6O3/c1-5-28-20-13-11-19(12-14-20)25(22(27)18-9-7-6-8-10-18)17(2)21(26)23-15-16-24(3)4;8-6-4-2-1-3-5(6)7(9)10/h6-14,17H,5,15-16H2,1-4H3,(H,23,26);1-4,8H,(H,9,10)/p-1. The van der Waals surface area contributed by atoms with Crippen LogP contribution in [0.15, 0.2) is 78.9 Å². The molecule has 0 fully saturated rings. The zero-order chi connectivity index (χ0) is 28.1. The smallest absolute Gasteiger partial charge is 0.335 e. The van der Waals surface area contributed by atoms with Crippen molar-refractivity contribution in [2.75, 3.05) is 38.7 Å². The normalized spacial score (nSPS) is 11.1. The number of carboxylic acids is 1. The number of rotatable bonds is 10. The third kappa shape index (κ3) is 8.94. The van der Waals surface area contributed by atoms with Crippen molar-refractivity contribution in [3.63, 3.8) is 0 Å². The summed E-state index contributed by atoms with van der Waals surface area (Å²) in [5.41, 5.74) is 0.999. The molecule has 0 aliphatic rings. The highest BCUT2D eigenvalue weighted by Gasteiger charge is 2.28. The van der Waals surface area contributed by atoms with Crippen LogP contribution < -0.4 is 20.1 Å². The van der Waals surface area contributed by atoms with Gasteiger partial charge in [0.15, 0.2) is 0 Å². The minimum absolute atomic E-state index is 0.178. The van der Waals surface area contributed by atoms with Gasteiger partial charge >= 0.3 is 5.97 Å². The summed E-state index contributed by atoms with van der Waals surface area (Å²) in [5, 5.41) is 21.9. The molecule has 0 aliphatic heterocycles. The maximum Gasteiger partial charge on any atom is 0.335 e. The number of aromatic carboxylic acids is 1. The number of hydrogen-bond donors (Lipinski definition) is 2. The van der Waals surface area contributed by atoms with E-state index in [-0.39, 0.29) is 17.4 Å². The first-order valence-corrected chi connectivity index (χ1v) is 12.2. The van der Waals surface area contributed by atoms with Gasteiger partial charge in [-0.15, -0.1) is 0 Å². The van der Waals surface area contributed by atoms with Crippen molar-refractivity contribution >= 4 is 23.5 Å². The molecule has 202 valence electrons. The van der Waals surface area contributed by atoms with Crippen molar-refractivity contribution in [1.29, 1.82) is 0 Å². The molecule has 0 aromatic heterocycles. The van der Waals surface area contributed by atoms with Gasteiger partial charge in [0.25, 0.3) is 5.91 Å². The van der Waals surface area contributed by atoms with Crippen LogP contribution in [0.25, 0.3) is 0 Å². The number of nitrogens with zero attached hydrogens (tertiary/aromatic N) is 2. The number of likely N-dealkylation sites (N-methyl/N-ethyl adjacent to an activating group) is 1. The number of carbonyl (C=O) groups is 3. The van der Waals surface area contributed by atoms with Crippen molar-refractivity contribution in [3.8, 4) is 11.5 Å². The Morgan fingerprint density at radius 3 is 2.08 bits per heavy atom. The van der Waals surface area contributed by atoms with E-state index in [1.807, 2.05) is 44.1 Å². The number of carboxylic acid groups (broad SMARTS) is 1. The monoisotopic (exact) mass is 520 g/mol. The van der Waals surface area contributed by atoms with Gasteiger partial charge in [0.1, 0.15) is 11.8 Å². The largest absolute Gasteiger partial charge is 0.872 e. The van der Waals surface area contributed by atoms with Gasteiger partial charge in [-0.2, -0.15) is 0 Å². The molecule has 9 heteroatoms. The van der Waals surface area contributed by atoms with E-state index in [9.17, 15) is 19.5 Å². The molecule has 2 amide bonds. The fraction of sp³-hybridized carbons (Fsp3) is 0.276. The van der Waals surface area contributed by atoms with Crippen LogP contribution >= 0.6 is 0 Å². The molecule has 3 aromatic carbocycles. The minimum Gasteiger partial charge on any atom is -0.872 e. The molecule has 0 saturated heterocycles. The zero-order valence-corrected chi connectivity index (χ0v) is 22.1. The first kappa shape index (κ1) is 29.9. The topological polar surface area (TPSA) is 122 Å². The summed E-state index contributed by atoms with van der Waals surface area (Å²) in [4.78, 5) is 39.6. The fourth-order valence-electron chi connectivity index (χ4n) is 3.42. The number of ether oxygens (including phenoxy) is 1. The second-order valence-electron chi connectivity index (χ2n) is 8.54. The van der Waals surface area contributed by atoms with Gasteiger partial charge in [0, 0.05) is 24.3 Å². The van der Waals surface area contributed by atoms with E-state index in [1.165, 1.54) is 29.2 Å². The molecule has 3 aromatic rings. The van der Waals surface area contributed by atoms with E-state index in [4.69, 9.17) is 9.84 Å². The van der Waals surface area contributed by atoms with Crippen LogP contribution in [-0.4, -0.2) is 67.6 Å². The molecule has 1 unspecified atom stereocenters. The summed E-state index contributed by atoms with van der Waals surface area (Å²) < 4.78 is 5.48. The quantitative estimate of drug-likeness (QED) is 0.421. The molecule has 0 heterocycles. The molecule has 0 bridgehead atoms. The molecule has 2 N–H and O–H groups in total. The Morgan fingerprint density at radius 1 is 0.947 bits per heavy atom. The van der Waals surface area contributed by atoms with Gasteiger partial charge in [0.05, 0.1) is 12.2 Å². The number of hydrogen-bond acceptors (Lipinski definition) is 6. The Labute approximate surface area is 223 Å². The Kier molecular flexibility index (Phi) is 11.8. The highest BCUT2D eigenvalue weighted by Crippen LogP contribution is 2.24. The van der Waals surface area contributed by atoms with Crippen LogP contribution in [0.3, 0.4) is 0 Å². The Balaban J connectivity index is 0.000000423. The van der Waals surface area contributed by atoms with Crippen molar-refractivity contribution in [2.45, 2.75) is 19.9 Å². The molecule has 0 aliphatic carbocycles. The average Bonchev–Trinajstić information content (AvgIpc) is 2.90. The molecule has 0 saturated carbocycles. The van der Waals surface area contributed by atoms with Crippen molar-refractivity contribution in [3.05, 3.63) is 90.0 Å². The lowest BCUT2D eigenvalue weighted by Gasteiger charge is -2.29. The molecule has 0 spiro atoms. The lowest BCUT2D eigenvalue weighted by atomic mass is 10.1. The van der Waals surface area contributed by atoms with Gasteiger partial charge in [-0.25, -0.2) is 4.79 Å². The van der Waals surface area contributed by atoms with Crippen LogP contribution in [0, 0.1) is 0 Å². The third-order valence-electron chi connectivity index (χ3n) is 5.41. The van der Waals surface area contributed by atoms with Gasteiger partial charge in [-0.1, -0.05) is 42.1 Å². The van der Waals surface area contributed by atoms with Gasteiger partial charge < -0.3 is 25.2 Å². The molecule has 1 atom stereocenters. The summed E-state index contributed by atoms with van der Waals surface area (Å²) in [6, 6.07) is 21.1. The number of carbonyl (C=O) groups excluding carboxylic acids is 2. The number of benzene rings is 3. The summed E-state index contributed by atoms with van der Waals surface area (Å²) in [5.74, 6) is -1.32. The summed E-state index contributed by atoms with van der Waals surface area (Å²) in [6.45, 7) is 5.47. The Morgan fingerprint density at radius 2 is 1.55 bits per heavy atom. The van der Waals surface area contributed by atoms with Crippen LogP contribution in [0.1, 0.15) is 34.6 Å². The minimum atomic E-state index is -1.18. The van der Waals surface area contributed by atoms with Crippen LogP contribution in [0.4, 0.5) is 5.69 Å². The maximum atomic E-state index is 13.2. The summed E-state index contributed by atoms with van der Waals surface area (Å²) in [6.07, 6.45) is 0. The van der Waals surface area contributed by atoms with E-state index >= 15 is 0 Å². The van der Waals surface area contributed by atoms with Crippen LogP contribution in [-0.2, 0) is 4.79 Å². The van der Waals surface area contributed by atoms with E-state index in [1.54, 1.807) is 43.3 Å². The van der Waals surface area contributed by atoms with Gasteiger partial charge in [0.2, 0.25) is 5.91 Å². The van der Waals surface area contributed by atoms with Crippen LogP contribution in [0.5, 0.6) is 11.5 Å². The highest BCUT2D eigenvalue weighted by molar-refractivity contribution is 6.09. The molecule has 38 heavy (non-hydrogen) atoms. The SMILES string of the molecule is CCOc1ccc(N(C(=O)c2ccccc2)C(C)C(=O)NCCN(C)C)cc1.O=C(O)c1ccccc1[O-]. The lowest BCUT2D eigenvalue weighted by molar-refractivity contribution is -0.268. The lowest BCUT2D eigenvalue weighted by Crippen LogP contribution is -2.49. The number of anilines is 1. The molecule has 3 rings (SSSR count). The Hall–Kier alpha value is -4.37. The van der Waals surface area contributed by atoms with Crippen molar-refractivity contribution in [1.82, 2.24) is 10.2 Å². The first-order valence-electron chi connectivity index (χ1n) is 12.2. The number of nitrogens with one attached hydrogen (secondary N) is 1. The first-order chi connectivity index (χ1) is 18.1. The number of para-hydroxylation sites is 1. The summed E-state index contributed by atoms with van der Waals surface area (Å²) in [7, 11) is 3.89. The van der Waals surface area contributed by atoms with Crippen molar-refractivity contribution in [2.24, 2.45) is 0 Å². The zero-order valence-electron chi connectivity index (χ0n) is 22.1. The van der Waals surface area contributed by atoms with Crippen LogP contribution in [0.2, 0.25) is 0 Å². The van der Waals surface area contributed by atoms with E-state index in [0.717, 1.165) is 12.3 Å². The second-order valence-corrected chi connectivity index (χ2v) is 8.54. The fourth-order valence-corrected chi connectivity index (χ4v) is 3.42. The molecular weight excluding hydrogens is 486 g/mol. The van der Waals surface area contributed by atoms with Gasteiger partial charge in [-0.05, 0) is 70.4 Å². The second kappa shape index (κ2) is 15.0. The molecule has 0 radical (unpaired) electrons. The van der Waals surface area contributed by atoms with E-state index < -0.39 is 17.8 Å². The average molecular weight is 521 g/mol. The van der Waals surface area contributed by atoms with Gasteiger partial charge in [-0.3, -0.25) is 14.5 Å². The maximum absolute atomic E-state index is 13.2. The molecule has 9 nitrogen and oxygen atoms in total. The number of amides is 2.